The molecule has 0 aliphatic carbocycles. The molecule has 5 nitrogen and oxygen atoms in total. The summed E-state index contributed by atoms with van der Waals surface area (Å²) >= 11 is 5.56. The van der Waals surface area contributed by atoms with Crippen LogP contribution in [0.1, 0.15) is 0 Å². The monoisotopic (exact) mass is 223 g/mol. The van der Waals surface area contributed by atoms with Gasteiger partial charge in [-0.25, -0.2) is 4.99 Å². The summed E-state index contributed by atoms with van der Waals surface area (Å²) in [6.45, 7) is 0. The highest BCUT2D eigenvalue weighted by atomic mass is 35.5. The summed E-state index contributed by atoms with van der Waals surface area (Å²) in [4.78, 5) is 5.67. The van der Waals surface area contributed by atoms with Gasteiger partial charge in [-0.05, 0) is 12.1 Å². The number of amidine groups is 1. The smallest absolute Gasteiger partial charge is 0.138 e. The van der Waals surface area contributed by atoms with Gasteiger partial charge in [-0.1, -0.05) is 6.07 Å². The first-order valence-corrected chi connectivity index (χ1v) is 4.93. The van der Waals surface area contributed by atoms with E-state index in [0.29, 0.717) is 11.5 Å². The van der Waals surface area contributed by atoms with E-state index >= 15 is 0 Å². The Labute approximate surface area is 91.5 Å². The molecule has 0 aliphatic heterocycles. The van der Waals surface area contributed by atoms with Gasteiger partial charge in [0.25, 0.3) is 0 Å². The van der Waals surface area contributed by atoms with E-state index in [0.717, 1.165) is 11.0 Å². The molecule has 2 aromatic rings. The van der Waals surface area contributed by atoms with Gasteiger partial charge in [0.2, 0.25) is 0 Å². The largest absolute Gasteiger partial charge is 0.386 e. The molecule has 0 saturated heterocycles. The lowest BCUT2D eigenvalue weighted by atomic mass is 10.3. The minimum absolute atomic E-state index is 0.205. The summed E-state index contributed by atoms with van der Waals surface area (Å²) in [6.07, 6.45) is 0. The zero-order valence-electron chi connectivity index (χ0n) is 8.18. The van der Waals surface area contributed by atoms with Crippen molar-refractivity contribution >= 4 is 34.2 Å². The van der Waals surface area contributed by atoms with E-state index in [-0.39, 0.29) is 5.88 Å². The normalized spacial score (nSPS) is 12.3. The molecule has 1 heterocycles. The standard InChI is InChI=1S/C9H10ClN5/c1-15-13-7-4-2-3-6(9(7)14-15)12-8(11)5-10/h2-4H,5H2,1H3,(H2,11,12). The molecule has 1 aromatic carbocycles. The van der Waals surface area contributed by atoms with Crippen molar-refractivity contribution in [3.63, 3.8) is 0 Å². The van der Waals surface area contributed by atoms with Gasteiger partial charge in [0.05, 0.1) is 11.6 Å². The van der Waals surface area contributed by atoms with Gasteiger partial charge in [0.15, 0.2) is 0 Å². The average Bonchev–Trinajstić information content (AvgIpc) is 2.59. The van der Waals surface area contributed by atoms with Crippen LogP contribution in [0.3, 0.4) is 0 Å². The second kappa shape index (κ2) is 3.86. The van der Waals surface area contributed by atoms with E-state index in [1.165, 1.54) is 4.80 Å². The number of fused-ring (bicyclic) bond motifs is 1. The van der Waals surface area contributed by atoms with Crippen molar-refractivity contribution in [3.05, 3.63) is 18.2 Å². The van der Waals surface area contributed by atoms with E-state index < -0.39 is 0 Å². The highest BCUT2D eigenvalue weighted by Gasteiger charge is 2.05. The molecule has 0 bridgehead atoms. The number of aryl methyl sites for hydroxylation is 1. The zero-order valence-corrected chi connectivity index (χ0v) is 8.94. The van der Waals surface area contributed by atoms with Gasteiger partial charge in [0.1, 0.15) is 16.9 Å². The third kappa shape index (κ3) is 1.92. The van der Waals surface area contributed by atoms with Gasteiger partial charge < -0.3 is 5.73 Å². The number of alkyl halides is 1. The van der Waals surface area contributed by atoms with Crippen LogP contribution in [0.5, 0.6) is 0 Å². The molecule has 15 heavy (non-hydrogen) atoms. The number of halogens is 1. The van der Waals surface area contributed by atoms with Crippen molar-refractivity contribution in [3.8, 4) is 0 Å². The summed E-state index contributed by atoms with van der Waals surface area (Å²) < 4.78 is 0. The van der Waals surface area contributed by atoms with Crippen molar-refractivity contribution in [2.45, 2.75) is 0 Å². The number of rotatable bonds is 2. The fourth-order valence-electron chi connectivity index (χ4n) is 1.30. The number of nitrogens with two attached hydrogens (primary N) is 1. The lowest BCUT2D eigenvalue weighted by Gasteiger charge is -1.95. The van der Waals surface area contributed by atoms with Gasteiger partial charge >= 0.3 is 0 Å². The van der Waals surface area contributed by atoms with Crippen molar-refractivity contribution < 1.29 is 0 Å². The Morgan fingerprint density at radius 2 is 2.33 bits per heavy atom. The lowest BCUT2D eigenvalue weighted by Crippen LogP contribution is -2.12. The first kappa shape index (κ1) is 9.92. The summed E-state index contributed by atoms with van der Waals surface area (Å²) in [5.41, 5.74) is 7.78. The summed E-state index contributed by atoms with van der Waals surface area (Å²) in [5, 5.41) is 8.37. The number of aromatic nitrogens is 3. The maximum absolute atomic E-state index is 5.57. The molecule has 0 radical (unpaired) electrons. The first-order valence-electron chi connectivity index (χ1n) is 4.40. The molecule has 1 aromatic heterocycles. The van der Waals surface area contributed by atoms with Crippen LogP contribution >= 0.6 is 11.6 Å². The first-order chi connectivity index (χ1) is 7.20. The molecule has 78 valence electrons. The molecule has 0 aliphatic rings. The summed E-state index contributed by atoms with van der Waals surface area (Å²) in [7, 11) is 1.76. The van der Waals surface area contributed by atoms with Crippen molar-refractivity contribution in [2.75, 3.05) is 5.88 Å². The molecule has 0 saturated carbocycles. The maximum Gasteiger partial charge on any atom is 0.138 e. The van der Waals surface area contributed by atoms with Gasteiger partial charge in [0, 0.05) is 7.05 Å². The molecule has 0 atom stereocenters. The maximum atomic E-state index is 5.57. The highest BCUT2D eigenvalue weighted by Crippen LogP contribution is 2.22. The molecular weight excluding hydrogens is 214 g/mol. The quantitative estimate of drug-likeness (QED) is 0.473. The molecule has 0 unspecified atom stereocenters. The highest BCUT2D eigenvalue weighted by molar-refractivity contribution is 6.28. The van der Waals surface area contributed by atoms with Gasteiger partial charge in [-0.15, -0.1) is 11.6 Å². The predicted octanol–water partition coefficient (Wildman–Crippen LogP) is 1.20. The van der Waals surface area contributed by atoms with E-state index in [2.05, 4.69) is 15.2 Å². The third-order valence-electron chi connectivity index (χ3n) is 1.89. The Balaban J connectivity index is 2.60. The SMILES string of the molecule is Cn1nc2cccc(N=C(N)CCl)c2n1. The van der Waals surface area contributed by atoms with E-state index in [1.807, 2.05) is 18.2 Å². The minimum Gasteiger partial charge on any atom is -0.386 e. The Hall–Kier alpha value is -1.62. The Bertz CT molecular complexity index is 516. The van der Waals surface area contributed by atoms with Crippen LogP contribution in [0.2, 0.25) is 0 Å². The Morgan fingerprint density at radius 3 is 3.07 bits per heavy atom. The van der Waals surface area contributed by atoms with Crippen molar-refractivity contribution in [1.29, 1.82) is 0 Å². The number of benzene rings is 1. The molecule has 0 amide bonds. The number of hydrogen-bond donors (Lipinski definition) is 1. The molecule has 6 heteroatoms. The van der Waals surface area contributed by atoms with E-state index in [9.17, 15) is 0 Å². The van der Waals surface area contributed by atoms with Crippen LogP contribution in [0.25, 0.3) is 11.0 Å². The fraction of sp³-hybridized carbons (Fsp3) is 0.222. The second-order valence-electron chi connectivity index (χ2n) is 3.07. The summed E-state index contributed by atoms with van der Waals surface area (Å²) in [6, 6.07) is 5.56. The van der Waals surface area contributed by atoms with E-state index in [4.69, 9.17) is 17.3 Å². The van der Waals surface area contributed by atoms with Gasteiger partial charge in [-0.2, -0.15) is 15.0 Å². The van der Waals surface area contributed by atoms with Gasteiger partial charge in [-0.3, -0.25) is 0 Å². The van der Waals surface area contributed by atoms with Crippen LogP contribution in [-0.2, 0) is 7.05 Å². The van der Waals surface area contributed by atoms with Crippen molar-refractivity contribution in [1.82, 2.24) is 15.0 Å². The fourth-order valence-corrected chi connectivity index (χ4v) is 1.36. The average molecular weight is 224 g/mol. The topological polar surface area (TPSA) is 69.1 Å². The van der Waals surface area contributed by atoms with Crippen molar-refractivity contribution in [2.24, 2.45) is 17.8 Å². The number of nitrogens with zero attached hydrogens (tertiary/aromatic N) is 4. The van der Waals surface area contributed by atoms with Crippen LogP contribution in [0, 0.1) is 0 Å². The van der Waals surface area contributed by atoms with Crippen LogP contribution < -0.4 is 5.73 Å². The Morgan fingerprint density at radius 1 is 1.53 bits per heavy atom. The van der Waals surface area contributed by atoms with Crippen LogP contribution in [0.4, 0.5) is 5.69 Å². The third-order valence-corrected chi connectivity index (χ3v) is 2.17. The molecular formula is C9H10ClN5. The molecule has 0 fully saturated rings. The lowest BCUT2D eigenvalue weighted by molar-refractivity contribution is 0.665. The number of aliphatic imine (C=N–C) groups is 1. The van der Waals surface area contributed by atoms with Crippen LogP contribution in [-0.4, -0.2) is 26.7 Å². The molecule has 2 N–H and O–H groups in total. The Kier molecular flexibility index (Phi) is 2.55. The minimum atomic E-state index is 0.205. The number of hydrogen-bond acceptors (Lipinski definition) is 3. The molecule has 0 spiro atoms. The predicted molar refractivity (Wildman–Crippen MR) is 60.5 cm³/mol. The van der Waals surface area contributed by atoms with E-state index in [1.54, 1.807) is 7.05 Å². The second-order valence-corrected chi connectivity index (χ2v) is 3.34. The molecule has 2 rings (SSSR count). The summed E-state index contributed by atoms with van der Waals surface area (Å²) in [5.74, 6) is 0.575. The van der Waals surface area contributed by atoms with Crippen LogP contribution in [0.15, 0.2) is 23.2 Å². The zero-order chi connectivity index (χ0) is 10.8.